The maximum absolute atomic E-state index is 13.0. The van der Waals surface area contributed by atoms with Gasteiger partial charge in [-0.1, -0.05) is 0 Å². The number of nitrogen functional groups attached to an aromatic ring is 2. The van der Waals surface area contributed by atoms with Crippen molar-refractivity contribution in [2.45, 2.75) is 0 Å². The van der Waals surface area contributed by atoms with Gasteiger partial charge >= 0.3 is 0 Å². The van der Waals surface area contributed by atoms with Crippen molar-refractivity contribution < 1.29 is 23.8 Å². The summed E-state index contributed by atoms with van der Waals surface area (Å²) in [5.74, 6) is -0.544. The van der Waals surface area contributed by atoms with Crippen molar-refractivity contribution >= 4 is 17.2 Å². The molecule has 7 heteroatoms. The average Bonchev–Trinajstić information content (AvgIpc) is 2.62. The van der Waals surface area contributed by atoms with E-state index in [0.29, 0.717) is 17.1 Å². The first kappa shape index (κ1) is 18.1. The van der Waals surface area contributed by atoms with Gasteiger partial charge in [-0.25, -0.2) is 4.39 Å². The topological polar surface area (TPSA) is 108 Å². The van der Waals surface area contributed by atoms with Gasteiger partial charge in [-0.3, -0.25) is 4.79 Å². The number of phenols is 1. The number of carbonyl (C=O) groups is 1. The van der Waals surface area contributed by atoms with Crippen LogP contribution in [0.4, 0.5) is 15.8 Å². The van der Waals surface area contributed by atoms with Crippen molar-refractivity contribution in [2.75, 3.05) is 18.6 Å². The lowest BCUT2D eigenvalue weighted by Crippen LogP contribution is -2.06. The number of hydrogen-bond donors (Lipinski definition) is 3. The van der Waals surface area contributed by atoms with Crippen LogP contribution in [0.15, 0.2) is 54.6 Å². The van der Waals surface area contributed by atoms with Crippen molar-refractivity contribution in [2.24, 2.45) is 0 Å². The second-order valence-corrected chi connectivity index (χ2v) is 5.79. The van der Waals surface area contributed by atoms with Crippen LogP contribution in [-0.4, -0.2) is 18.0 Å². The summed E-state index contributed by atoms with van der Waals surface area (Å²) in [5.41, 5.74) is 12.3. The Bertz CT molecular complexity index is 983. The molecule has 6 nitrogen and oxygen atoms in total. The van der Waals surface area contributed by atoms with E-state index in [2.05, 4.69) is 0 Å². The predicted octanol–water partition coefficient (Wildman–Crippen LogP) is 3.73. The largest absolute Gasteiger partial charge is 0.507 e. The Labute approximate surface area is 154 Å². The molecule has 138 valence electrons. The normalized spacial score (nSPS) is 10.4. The van der Waals surface area contributed by atoms with Gasteiger partial charge in [0.05, 0.1) is 7.11 Å². The van der Waals surface area contributed by atoms with Crippen LogP contribution in [0.2, 0.25) is 0 Å². The number of carbonyl (C=O) groups excluding carboxylic acids is 1. The quantitative estimate of drug-likeness (QED) is 0.468. The predicted molar refractivity (Wildman–Crippen MR) is 99.8 cm³/mol. The molecule has 0 saturated heterocycles. The van der Waals surface area contributed by atoms with Crippen molar-refractivity contribution in [1.82, 2.24) is 0 Å². The molecule has 0 atom stereocenters. The van der Waals surface area contributed by atoms with Gasteiger partial charge in [0.2, 0.25) is 5.78 Å². The summed E-state index contributed by atoms with van der Waals surface area (Å²) in [7, 11) is 1.36. The van der Waals surface area contributed by atoms with E-state index >= 15 is 0 Å². The molecule has 0 saturated carbocycles. The van der Waals surface area contributed by atoms with Gasteiger partial charge in [0.25, 0.3) is 0 Å². The Morgan fingerprint density at radius 3 is 2.19 bits per heavy atom. The van der Waals surface area contributed by atoms with Crippen LogP contribution >= 0.6 is 0 Å². The zero-order valence-electron chi connectivity index (χ0n) is 14.4. The van der Waals surface area contributed by atoms with Gasteiger partial charge in [-0.2, -0.15) is 0 Å². The van der Waals surface area contributed by atoms with E-state index in [0.717, 1.165) is 0 Å². The van der Waals surface area contributed by atoms with Crippen LogP contribution in [0.1, 0.15) is 15.9 Å². The Hall–Kier alpha value is -3.74. The number of ether oxygens (including phenoxy) is 2. The van der Waals surface area contributed by atoms with Gasteiger partial charge in [0.15, 0.2) is 0 Å². The fourth-order valence-electron chi connectivity index (χ4n) is 2.62. The smallest absolute Gasteiger partial charge is 0.200 e. The van der Waals surface area contributed by atoms with E-state index in [9.17, 15) is 14.3 Å². The minimum Gasteiger partial charge on any atom is -0.507 e. The molecule has 3 rings (SSSR count). The maximum atomic E-state index is 13.0. The second-order valence-electron chi connectivity index (χ2n) is 5.79. The molecule has 0 radical (unpaired) electrons. The van der Waals surface area contributed by atoms with Crippen LogP contribution in [-0.2, 0) is 0 Å². The summed E-state index contributed by atoms with van der Waals surface area (Å²) in [6, 6.07) is 12.5. The monoisotopic (exact) mass is 368 g/mol. The minimum absolute atomic E-state index is 0.0473. The lowest BCUT2D eigenvalue weighted by atomic mass is 10.00. The third kappa shape index (κ3) is 3.92. The van der Waals surface area contributed by atoms with Gasteiger partial charge in [0.1, 0.15) is 34.4 Å². The molecule has 0 aliphatic heterocycles. The van der Waals surface area contributed by atoms with Gasteiger partial charge in [0, 0.05) is 29.1 Å². The standard InChI is InChI=1S/C20H17FN2O4/c1-26-18-10-16(27-15-4-2-12(21)3-5-15)9-17(24)19(18)20(25)11-6-13(22)8-14(23)7-11/h2-10,24H,22-23H2,1H3. The fourth-order valence-corrected chi connectivity index (χ4v) is 2.62. The number of ketones is 1. The van der Waals surface area contributed by atoms with Crippen LogP contribution < -0.4 is 20.9 Å². The summed E-state index contributed by atoms with van der Waals surface area (Å²) >= 11 is 0. The average molecular weight is 368 g/mol. The van der Waals surface area contributed by atoms with Crippen molar-refractivity contribution in [3.05, 3.63) is 71.5 Å². The third-order valence-corrected chi connectivity index (χ3v) is 3.79. The molecule has 5 N–H and O–H groups in total. The lowest BCUT2D eigenvalue weighted by Gasteiger charge is -2.13. The van der Waals surface area contributed by atoms with Crippen molar-refractivity contribution in [3.63, 3.8) is 0 Å². The molecular formula is C20H17FN2O4. The molecule has 0 heterocycles. The molecule has 0 bridgehead atoms. The number of rotatable bonds is 5. The fraction of sp³-hybridized carbons (Fsp3) is 0.0500. The minimum atomic E-state index is -0.503. The Morgan fingerprint density at radius 1 is 0.963 bits per heavy atom. The summed E-state index contributed by atoms with van der Waals surface area (Å²) in [6.45, 7) is 0. The van der Waals surface area contributed by atoms with Crippen molar-refractivity contribution in [1.29, 1.82) is 0 Å². The number of aromatic hydroxyl groups is 1. The molecule has 0 amide bonds. The van der Waals surface area contributed by atoms with E-state index in [1.54, 1.807) is 0 Å². The maximum Gasteiger partial charge on any atom is 0.200 e. The molecule has 0 aromatic heterocycles. The number of anilines is 2. The Morgan fingerprint density at radius 2 is 1.59 bits per heavy atom. The van der Waals surface area contributed by atoms with E-state index in [1.165, 1.54) is 61.7 Å². The molecule has 0 fully saturated rings. The third-order valence-electron chi connectivity index (χ3n) is 3.79. The number of nitrogens with two attached hydrogens (primary N) is 2. The first-order valence-electron chi connectivity index (χ1n) is 7.92. The number of benzene rings is 3. The second kappa shape index (κ2) is 7.25. The van der Waals surface area contributed by atoms with E-state index < -0.39 is 11.6 Å². The van der Waals surface area contributed by atoms with E-state index in [-0.39, 0.29) is 28.4 Å². The Kier molecular flexibility index (Phi) is 4.85. The first-order valence-corrected chi connectivity index (χ1v) is 7.92. The first-order chi connectivity index (χ1) is 12.9. The highest BCUT2D eigenvalue weighted by Crippen LogP contribution is 2.37. The molecule has 0 aliphatic carbocycles. The summed E-state index contributed by atoms with van der Waals surface area (Å²) in [4.78, 5) is 12.8. The molecule has 0 aliphatic rings. The van der Waals surface area contributed by atoms with Gasteiger partial charge < -0.3 is 26.0 Å². The molecular weight excluding hydrogens is 351 g/mol. The summed E-state index contributed by atoms with van der Waals surface area (Å²) in [6.07, 6.45) is 0. The summed E-state index contributed by atoms with van der Waals surface area (Å²) < 4.78 is 23.8. The molecule has 3 aromatic carbocycles. The number of methoxy groups -OCH3 is 1. The number of halogens is 1. The number of hydrogen-bond acceptors (Lipinski definition) is 6. The highest BCUT2D eigenvalue weighted by Gasteiger charge is 2.21. The Balaban J connectivity index is 1.98. The van der Waals surface area contributed by atoms with Gasteiger partial charge in [-0.05, 0) is 42.5 Å². The number of phenolic OH excluding ortho intramolecular Hbond substituents is 1. The van der Waals surface area contributed by atoms with Crippen LogP contribution in [0.3, 0.4) is 0 Å². The summed E-state index contributed by atoms with van der Waals surface area (Å²) in [5, 5.41) is 10.4. The lowest BCUT2D eigenvalue weighted by molar-refractivity contribution is 0.103. The highest BCUT2D eigenvalue weighted by atomic mass is 19.1. The zero-order chi connectivity index (χ0) is 19.6. The van der Waals surface area contributed by atoms with Crippen molar-refractivity contribution in [3.8, 4) is 23.0 Å². The van der Waals surface area contributed by atoms with E-state index in [1.807, 2.05) is 0 Å². The molecule has 0 unspecified atom stereocenters. The van der Waals surface area contributed by atoms with E-state index in [4.69, 9.17) is 20.9 Å². The molecule has 3 aromatic rings. The van der Waals surface area contributed by atoms with Crippen LogP contribution in [0.5, 0.6) is 23.0 Å². The molecule has 0 spiro atoms. The molecule has 27 heavy (non-hydrogen) atoms. The SMILES string of the molecule is COc1cc(Oc2ccc(F)cc2)cc(O)c1C(=O)c1cc(N)cc(N)c1. The zero-order valence-corrected chi connectivity index (χ0v) is 14.4. The van der Waals surface area contributed by atoms with Gasteiger partial charge in [-0.15, -0.1) is 0 Å². The highest BCUT2D eigenvalue weighted by molar-refractivity contribution is 6.13. The van der Waals surface area contributed by atoms with Crippen LogP contribution in [0, 0.1) is 5.82 Å². The van der Waals surface area contributed by atoms with Crippen LogP contribution in [0.25, 0.3) is 0 Å².